The van der Waals surface area contributed by atoms with Crippen molar-refractivity contribution in [2.24, 2.45) is 11.7 Å². The predicted octanol–water partition coefficient (Wildman–Crippen LogP) is 2.52. The van der Waals surface area contributed by atoms with Crippen molar-refractivity contribution in [2.75, 3.05) is 5.32 Å². The summed E-state index contributed by atoms with van der Waals surface area (Å²) in [6.07, 6.45) is 0.812. The van der Waals surface area contributed by atoms with E-state index in [0.29, 0.717) is 16.8 Å². The topological polar surface area (TPSA) is 98.3 Å². The van der Waals surface area contributed by atoms with Gasteiger partial charge in [0.15, 0.2) is 0 Å². The number of nitrogens with zero attached hydrogens (tertiary/aromatic N) is 1. The Morgan fingerprint density at radius 2 is 2.00 bits per heavy atom. The van der Waals surface area contributed by atoms with Crippen LogP contribution in [0.5, 0.6) is 0 Å². The van der Waals surface area contributed by atoms with Crippen LogP contribution in [0, 0.1) is 29.9 Å². The molecule has 0 aliphatic heterocycles. The number of carbonyl (C=O) groups is 1. The minimum absolute atomic E-state index is 0.0479. The number of hydrogen-bond acceptors (Lipinski definition) is 4. The molecule has 0 saturated carbocycles. The van der Waals surface area contributed by atoms with Crippen molar-refractivity contribution in [2.45, 2.75) is 40.2 Å². The predicted molar refractivity (Wildman–Crippen MR) is 78.6 cm³/mol. The Balaban J connectivity index is 2.97. The van der Waals surface area contributed by atoms with E-state index in [1.807, 2.05) is 13.8 Å². The Morgan fingerprint density at radius 1 is 1.40 bits per heavy atom. The SMILES string of the molecule is CCC(C)[C@H](N)C(=O)Nc1cc(C)c([N+](=O)[O-])cc1C. The fourth-order valence-corrected chi connectivity index (χ4v) is 1.86. The summed E-state index contributed by atoms with van der Waals surface area (Å²) in [6.45, 7) is 7.25. The van der Waals surface area contributed by atoms with E-state index in [1.165, 1.54) is 6.07 Å². The number of aryl methyl sites for hydroxylation is 2. The number of nitro benzene ring substituents is 1. The van der Waals surface area contributed by atoms with E-state index in [-0.39, 0.29) is 17.5 Å². The van der Waals surface area contributed by atoms with Crippen molar-refractivity contribution in [1.82, 2.24) is 0 Å². The van der Waals surface area contributed by atoms with Gasteiger partial charge in [0.25, 0.3) is 5.69 Å². The zero-order chi connectivity index (χ0) is 15.4. The van der Waals surface area contributed by atoms with Crippen LogP contribution >= 0.6 is 0 Å². The third kappa shape index (κ3) is 3.54. The van der Waals surface area contributed by atoms with Gasteiger partial charge in [-0.25, -0.2) is 0 Å². The monoisotopic (exact) mass is 279 g/mol. The van der Waals surface area contributed by atoms with E-state index in [2.05, 4.69) is 5.32 Å². The summed E-state index contributed by atoms with van der Waals surface area (Å²) in [7, 11) is 0. The fraction of sp³-hybridized carbons (Fsp3) is 0.500. The van der Waals surface area contributed by atoms with E-state index in [4.69, 9.17) is 5.73 Å². The molecule has 0 aromatic heterocycles. The first-order valence-electron chi connectivity index (χ1n) is 6.60. The van der Waals surface area contributed by atoms with Crippen LogP contribution in [0.25, 0.3) is 0 Å². The second-order valence-electron chi connectivity index (χ2n) is 5.11. The first-order valence-corrected chi connectivity index (χ1v) is 6.60. The molecule has 0 radical (unpaired) electrons. The number of nitrogens with two attached hydrogens (primary N) is 1. The highest BCUT2D eigenvalue weighted by atomic mass is 16.6. The van der Waals surface area contributed by atoms with Gasteiger partial charge >= 0.3 is 0 Å². The summed E-state index contributed by atoms with van der Waals surface area (Å²) < 4.78 is 0. The largest absolute Gasteiger partial charge is 0.324 e. The lowest BCUT2D eigenvalue weighted by molar-refractivity contribution is -0.385. The highest BCUT2D eigenvalue weighted by Crippen LogP contribution is 2.26. The molecule has 0 spiro atoms. The Morgan fingerprint density at radius 3 is 2.50 bits per heavy atom. The van der Waals surface area contributed by atoms with Gasteiger partial charge in [0.2, 0.25) is 5.91 Å². The number of nitro groups is 1. The van der Waals surface area contributed by atoms with Gasteiger partial charge in [0.05, 0.1) is 11.0 Å². The van der Waals surface area contributed by atoms with E-state index < -0.39 is 11.0 Å². The molecule has 20 heavy (non-hydrogen) atoms. The summed E-state index contributed by atoms with van der Waals surface area (Å²) in [5, 5.41) is 13.6. The van der Waals surface area contributed by atoms with Crippen LogP contribution in [0.15, 0.2) is 12.1 Å². The third-order valence-corrected chi connectivity index (χ3v) is 3.56. The molecule has 1 amide bonds. The molecule has 1 aromatic carbocycles. The summed E-state index contributed by atoms with van der Waals surface area (Å²) in [6, 6.07) is 2.48. The first-order chi connectivity index (χ1) is 9.27. The van der Waals surface area contributed by atoms with Crippen molar-refractivity contribution in [1.29, 1.82) is 0 Å². The van der Waals surface area contributed by atoms with Crippen LogP contribution in [-0.2, 0) is 4.79 Å². The Kier molecular flexibility index (Phi) is 5.21. The standard InChI is InChI=1S/C14H21N3O3/c1-5-8(2)13(15)14(18)16-11-6-10(4)12(17(19)20)7-9(11)3/h6-8,13H,5,15H2,1-4H3,(H,16,18)/t8?,13-/m0/s1. The van der Waals surface area contributed by atoms with Gasteiger partial charge in [-0.2, -0.15) is 0 Å². The maximum atomic E-state index is 12.0. The van der Waals surface area contributed by atoms with Crippen LogP contribution in [0.4, 0.5) is 11.4 Å². The summed E-state index contributed by atoms with van der Waals surface area (Å²) in [5.41, 5.74) is 7.63. The molecule has 6 heteroatoms. The Labute approximate surface area is 118 Å². The number of anilines is 1. The van der Waals surface area contributed by atoms with Gasteiger partial charge in [-0.05, 0) is 31.4 Å². The van der Waals surface area contributed by atoms with Crippen molar-refractivity contribution in [3.63, 3.8) is 0 Å². The highest BCUT2D eigenvalue weighted by molar-refractivity contribution is 5.95. The van der Waals surface area contributed by atoms with E-state index in [9.17, 15) is 14.9 Å². The number of rotatable bonds is 5. The van der Waals surface area contributed by atoms with Crippen LogP contribution in [0.2, 0.25) is 0 Å². The van der Waals surface area contributed by atoms with E-state index >= 15 is 0 Å². The summed E-state index contributed by atoms with van der Waals surface area (Å²) in [4.78, 5) is 22.4. The van der Waals surface area contributed by atoms with Crippen LogP contribution in [0.3, 0.4) is 0 Å². The molecule has 0 bridgehead atoms. The van der Waals surface area contributed by atoms with Gasteiger partial charge in [0, 0.05) is 17.3 Å². The molecule has 1 unspecified atom stereocenters. The van der Waals surface area contributed by atoms with Crippen molar-refractivity contribution < 1.29 is 9.72 Å². The average molecular weight is 279 g/mol. The quantitative estimate of drug-likeness (QED) is 0.639. The van der Waals surface area contributed by atoms with Gasteiger partial charge in [-0.3, -0.25) is 14.9 Å². The lowest BCUT2D eigenvalue weighted by atomic mass is 9.99. The maximum Gasteiger partial charge on any atom is 0.272 e. The smallest absolute Gasteiger partial charge is 0.272 e. The minimum atomic E-state index is -0.588. The molecule has 3 N–H and O–H groups in total. The Bertz CT molecular complexity index is 529. The van der Waals surface area contributed by atoms with E-state index in [0.717, 1.165) is 6.42 Å². The molecule has 1 rings (SSSR count). The van der Waals surface area contributed by atoms with Crippen molar-refractivity contribution in [3.8, 4) is 0 Å². The van der Waals surface area contributed by atoms with Gasteiger partial charge in [-0.1, -0.05) is 20.3 Å². The number of carbonyl (C=O) groups excluding carboxylic acids is 1. The molecule has 0 aliphatic carbocycles. The summed E-state index contributed by atoms with van der Waals surface area (Å²) in [5.74, 6) is -0.190. The van der Waals surface area contributed by atoms with Gasteiger partial charge in [-0.15, -0.1) is 0 Å². The van der Waals surface area contributed by atoms with Crippen molar-refractivity contribution >= 4 is 17.3 Å². The molecular weight excluding hydrogens is 258 g/mol. The molecule has 0 aliphatic rings. The molecule has 1 aromatic rings. The maximum absolute atomic E-state index is 12.0. The molecular formula is C14H21N3O3. The molecule has 0 heterocycles. The minimum Gasteiger partial charge on any atom is -0.324 e. The lowest BCUT2D eigenvalue weighted by Crippen LogP contribution is -2.40. The highest BCUT2D eigenvalue weighted by Gasteiger charge is 2.21. The second-order valence-corrected chi connectivity index (χ2v) is 5.11. The number of benzene rings is 1. The average Bonchev–Trinajstić information content (AvgIpc) is 2.40. The number of nitrogens with one attached hydrogen (secondary N) is 1. The second kappa shape index (κ2) is 6.47. The molecule has 0 fully saturated rings. The molecule has 2 atom stereocenters. The van der Waals surface area contributed by atoms with Crippen molar-refractivity contribution in [3.05, 3.63) is 33.4 Å². The van der Waals surface area contributed by atoms with Gasteiger partial charge in [0.1, 0.15) is 0 Å². The third-order valence-electron chi connectivity index (χ3n) is 3.56. The normalized spacial score (nSPS) is 13.7. The van der Waals surface area contributed by atoms with Gasteiger partial charge < -0.3 is 11.1 Å². The van der Waals surface area contributed by atoms with Crippen LogP contribution in [-0.4, -0.2) is 16.9 Å². The summed E-state index contributed by atoms with van der Waals surface area (Å²) >= 11 is 0. The Hall–Kier alpha value is -1.95. The molecule has 6 nitrogen and oxygen atoms in total. The lowest BCUT2D eigenvalue weighted by Gasteiger charge is -2.18. The molecule has 110 valence electrons. The molecule has 0 saturated heterocycles. The fourth-order valence-electron chi connectivity index (χ4n) is 1.86. The van der Waals surface area contributed by atoms with Crippen LogP contribution < -0.4 is 11.1 Å². The zero-order valence-corrected chi connectivity index (χ0v) is 12.3. The first kappa shape index (κ1) is 16.1. The number of amides is 1. The van der Waals surface area contributed by atoms with Crippen LogP contribution in [0.1, 0.15) is 31.4 Å². The number of hydrogen-bond donors (Lipinski definition) is 2. The van der Waals surface area contributed by atoms with E-state index in [1.54, 1.807) is 19.9 Å². The zero-order valence-electron chi connectivity index (χ0n) is 12.3.